The second-order valence-corrected chi connectivity index (χ2v) is 6.80. The lowest BCUT2D eigenvalue weighted by Crippen LogP contribution is -2.56. The molecule has 1 amide bonds. The lowest BCUT2D eigenvalue weighted by molar-refractivity contribution is -0.135. The third-order valence-electron chi connectivity index (χ3n) is 5.08. The van der Waals surface area contributed by atoms with Crippen LogP contribution in [0.1, 0.15) is 46.0 Å². The van der Waals surface area contributed by atoms with Gasteiger partial charge in [-0.1, -0.05) is 13.3 Å². The average Bonchev–Trinajstić information content (AvgIpc) is 2.84. The Balaban J connectivity index is 1.86. The van der Waals surface area contributed by atoms with Gasteiger partial charge in [-0.15, -0.1) is 0 Å². The van der Waals surface area contributed by atoms with E-state index in [1.54, 1.807) is 0 Å². The van der Waals surface area contributed by atoms with Crippen LogP contribution in [-0.4, -0.2) is 65.2 Å². The molecule has 0 aromatic carbocycles. The van der Waals surface area contributed by atoms with E-state index in [0.29, 0.717) is 24.9 Å². The molecule has 3 N–H and O–H groups in total. The molecule has 4 atom stereocenters. The van der Waals surface area contributed by atoms with Crippen LogP contribution in [0, 0.1) is 5.92 Å². The lowest BCUT2D eigenvalue weighted by Gasteiger charge is -2.42. The molecule has 5 nitrogen and oxygen atoms in total. The van der Waals surface area contributed by atoms with Crippen LogP contribution in [0.3, 0.4) is 0 Å². The Kier molecular flexibility index (Phi) is 6.02. The van der Waals surface area contributed by atoms with Crippen LogP contribution in [0.5, 0.6) is 0 Å². The molecule has 21 heavy (non-hydrogen) atoms. The smallest absolute Gasteiger partial charge is 0.223 e. The van der Waals surface area contributed by atoms with Crippen molar-refractivity contribution < 1.29 is 9.90 Å². The normalized spacial score (nSPS) is 32.4. The number of β-amino-alcohol motifs (C(OH)–C–C–N with tert-alkyl or cyclic N) is 1. The number of piperazine rings is 1. The summed E-state index contributed by atoms with van der Waals surface area (Å²) in [4.78, 5) is 16.8. The van der Waals surface area contributed by atoms with E-state index in [-0.39, 0.29) is 18.1 Å². The maximum absolute atomic E-state index is 12.5. The summed E-state index contributed by atoms with van der Waals surface area (Å²) in [7, 11) is 0. The molecule has 2 unspecified atom stereocenters. The van der Waals surface area contributed by atoms with Gasteiger partial charge in [0.25, 0.3) is 0 Å². The molecule has 1 saturated heterocycles. The fraction of sp³-hybridized carbons (Fsp3) is 0.938. The van der Waals surface area contributed by atoms with Gasteiger partial charge in [0.2, 0.25) is 5.91 Å². The second-order valence-electron chi connectivity index (χ2n) is 6.80. The minimum Gasteiger partial charge on any atom is -0.392 e. The van der Waals surface area contributed by atoms with Crippen molar-refractivity contribution in [3.8, 4) is 0 Å². The molecule has 0 aromatic heterocycles. The molecule has 1 saturated carbocycles. The monoisotopic (exact) mass is 297 g/mol. The summed E-state index contributed by atoms with van der Waals surface area (Å²) in [6.45, 7) is 7.13. The number of nitrogens with zero attached hydrogens (tertiary/aromatic N) is 2. The molecule has 0 bridgehead atoms. The summed E-state index contributed by atoms with van der Waals surface area (Å²) in [5.74, 6) is 0.653. The largest absolute Gasteiger partial charge is 0.392 e. The maximum atomic E-state index is 12.5. The molecule has 1 aliphatic heterocycles. The number of carbonyl (C=O) groups is 1. The van der Waals surface area contributed by atoms with Crippen molar-refractivity contribution in [2.24, 2.45) is 11.7 Å². The van der Waals surface area contributed by atoms with E-state index in [4.69, 9.17) is 5.73 Å². The molecule has 0 aromatic rings. The van der Waals surface area contributed by atoms with E-state index in [2.05, 4.69) is 11.8 Å². The van der Waals surface area contributed by atoms with Crippen molar-refractivity contribution in [3.05, 3.63) is 0 Å². The highest BCUT2D eigenvalue weighted by Gasteiger charge is 2.32. The Hall–Kier alpha value is -0.650. The van der Waals surface area contributed by atoms with Crippen LogP contribution in [0.25, 0.3) is 0 Å². The van der Waals surface area contributed by atoms with Crippen LogP contribution in [-0.2, 0) is 4.79 Å². The second kappa shape index (κ2) is 7.56. The highest BCUT2D eigenvalue weighted by atomic mass is 16.3. The third-order valence-corrected chi connectivity index (χ3v) is 5.08. The number of carbonyl (C=O) groups excluding carboxylic acids is 1. The Bertz CT molecular complexity index is 348. The van der Waals surface area contributed by atoms with Crippen LogP contribution in [0.2, 0.25) is 0 Å². The maximum Gasteiger partial charge on any atom is 0.223 e. The molecule has 2 rings (SSSR count). The highest BCUT2D eigenvalue weighted by molar-refractivity contribution is 5.76. The van der Waals surface area contributed by atoms with E-state index in [1.807, 2.05) is 11.8 Å². The van der Waals surface area contributed by atoms with Crippen LogP contribution in [0.4, 0.5) is 0 Å². The number of rotatable bonds is 5. The molecule has 0 spiro atoms. The Morgan fingerprint density at radius 3 is 2.71 bits per heavy atom. The van der Waals surface area contributed by atoms with Gasteiger partial charge < -0.3 is 15.7 Å². The van der Waals surface area contributed by atoms with Gasteiger partial charge in [-0.05, 0) is 32.1 Å². The number of hydrogen-bond acceptors (Lipinski definition) is 4. The summed E-state index contributed by atoms with van der Waals surface area (Å²) < 4.78 is 0. The van der Waals surface area contributed by atoms with Gasteiger partial charge >= 0.3 is 0 Å². The summed E-state index contributed by atoms with van der Waals surface area (Å²) in [5.41, 5.74) is 6.08. The number of aliphatic hydroxyl groups excluding tert-OH is 1. The standard InChI is InChI=1S/C16H31N3O2/c1-3-14-11-19(8-7-18(14)10-12(2)20)16(21)9-13-5-4-6-15(13)17/h12-15,20H,3-11,17H2,1-2H3/t12?,13-,14?,15+/m0/s1. The van der Waals surface area contributed by atoms with Gasteiger partial charge in [-0.3, -0.25) is 9.69 Å². The zero-order valence-electron chi connectivity index (χ0n) is 13.5. The van der Waals surface area contributed by atoms with Crippen molar-refractivity contribution in [2.75, 3.05) is 26.2 Å². The molecule has 0 radical (unpaired) electrons. The van der Waals surface area contributed by atoms with E-state index in [1.165, 1.54) is 6.42 Å². The minimum atomic E-state index is -0.308. The van der Waals surface area contributed by atoms with Crippen LogP contribution >= 0.6 is 0 Å². The zero-order valence-corrected chi connectivity index (χ0v) is 13.5. The predicted molar refractivity (Wildman–Crippen MR) is 83.8 cm³/mol. The first kappa shape index (κ1) is 16.7. The fourth-order valence-electron chi connectivity index (χ4n) is 3.76. The van der Waals surface area contributed by atoms with Gasteiger partial charge in [-0.2, -0.15) is 0 Å². The highest BCUT2D eigenvalue weighted by Crippen LogP contribution is 2.28. The Morgan fingerprint density at radius 2 is 2.14 bits per heavy atom. The quantitative estimate of drug-likeness (QED) is 0.788. The number of nitrogens with two attached hydrogens (primary N) is 1. The summed E-state index contributed by atoms with van der Waals surface area (Å²) in [6, 6.07) is 0.585. The first-order valence-corrected chi connectivity index (χ1v) is 8.46. The third kappa shape index (κ3) is 4.41. The average molecular weight is 297 g/mol. The van der Waals surface area contributed by atoms with Crippen molar-refractivity contribution >= 4 is 5.91 Å². The topological polar surface area (TPSA) is 69.8 Å². The summed E-state index contributed by atoms with van der Waals surface area (Å²) >= 11 is 0. The fourth-order valence-corrected chi connectivity index (χ4v) is 3.76. The number of hydrogen-bond donors (Lipinski definition) is 2. The van der Waals surface area contributed by atoms with E-state index in [9.17, 15) is 9.90 Å². The molecule has 122 valence electrons. The van der Waals surface area contributed by atoms with Gasteiger partial charge in [0.1, 0.15) is 0 Å². The van der Waals surface area contributed by atoms with Gasteiger partial charge in [0.05, 0.1) is 6.10 Å². The zero-order chi connectivity index (χ0) is 15.4. The molecule has 1 aliphatic carbocycles. The van der Waals surface area contributed by atoms with Crippen molar-refractivity contribution in [1.82, 2.24) is 9.80 Å². The molecular formula is C16H31N3O2. The van der Waals surface area contributed by atoms with E-state index in [0.717, 1.165) is 38.9 Å². The molecular weight excluding hydrogens is 266 g/mol. The summed E-state index contributed by atoms with van der Waals surface area (Å²) in [6.07, 6.45) is 4.66. The van der Waals surface area contributed by atoms with Gasteiger partial charge in [0.15, 0.2) is 0 Å². The first-order chi connectivity index (χ1) is 10.0. The first-order valence-electron chi connectivity index (χ1n) is 8.46. The molecule has 5 heteroatoms. The number of aliphatic hydroxyl groups is 1. The number of amides is 1. The molecule has 1 heterocycles. The molecule has 2 aliphatic rings. The Morgan fingerprint density at radius 1 is 1.38 bits per heavy atom. The van der Waals surface area contributed by atoms with Crippen molar-refractivity contribution in [2.45, 2.75) is 64.1 Å². The summed E-state index contributed by atoms with van der Waals surface area (Å²) in [5, 5.41) is 9.58. The van der Waals surface area contributed by atoms with Crippen molar-refractivity contribution in [1.29, 1.82) is 0 Å². The van der Waals surface area contributed by atoms with E-state index < -0.39 is 0 Å². The van der Waals surface area contributed by atoms with Gasteiger partial charge in [-0.25, -0.2) is 0 Å². The molecule has 2 fully saturated rings. The lowest BCUT2D eigenvalue weighted by atomic mass is 9.98. The van der Waals surface area contributed by atoms with Crippen molar-refractivity contribution in [3.63, 3.8) is 0 Å². The minimum absolute atomic E-state index is 0.215. The Labute approximate surface area is 128 Å². The van der Waals surface area contributed by atoms with E-state index >= 15 is 0 Å². The van der Waals surface area contributed by atoms with Gasteiger partial charge in [0, 0.05) is 44.7 Å². The SMILES string of the molecule is CCC1CN(C(=O)C[C@@H]2CCC[C@H]2N)CCN1CC(C)O. The predicted octanol–water partition coefficient (Wildman–Crippen LogP) is 0.808. The van der Waals surface area contributed by atoms with Crippen LogP contribution in [0.15, 0.2) is 0 Å². The van der Waals surface area contributed by atoms with Crippen LogP contribution < -0.4 is 5.73 Å².